The van der Waals surface area contributed by atoms with Crippen LogP contribution in [0.4, 0.5) is 26.3 Å². The van der Waals surface area contributed by atoms with E-state index < -0.39 is 57.6 Å². The number of pyridine rings is 1. The fourth-order valence-corrected chi connectivity index (χ4v) is 3.93. The van der Waals surface area contributed by atoms with Gasteiger partial charge in [-0.05, 0) is 24.3 Å². The molecule has 0 saturated heterocycles. The minimum absolute atomic E-state index is 0.258. The zero-order valence-electron chi connectivity index (χ0n) is 18.6. The second-order valence-electron chi connectivity index (χ2n) is 7.76. The van der Waals surface area contributed by atoms with Crippen molar-refractivity contribution >= 4 is 11.6 Å². The van der Waals surface area contributed by atoms with Gasteiger partial charge in [-0.15, -0.1) is 0 Å². The van der Waals surface area contributed by atoms with E-state index in [0.29, 0.717) is 10.9 Å². The van der Waals surface area contributed by atoms with Crippen molar-refractivity contribution in [2.45, 2.75) is 12.4 Å². The number of halogens is 6. The molecule has 1 amide bonds. The number of nitrogens with two attached hydrogens (primary N) is 1. The highest BCUT2D eigenvalue weighted by atomic mass is 19.4. The molecule has 5 aromatic rings. The number of amides is 1. The van der Waals surface area contributed by atoms with Crippen molar-refractivity contribution in [3.63, 3.8) is 0 Å². The predicted molar refractivity (Wildman–Crippen MR) is 117 cm³/mol. The van der Waals surface area contributed by atoms with Crippen LogP contribution in [-0.4, -0.2) is 40.1 Å². The number of hydrogen-bond donors (Lipinski definition) is 1. The summed E-state index contributed by atoms with van der Waals surface area (Å²) in [5, 5.41) is 11.2. The van der Waals surface area contributed by atoms with E-state index in [4.69, 9.17) is 5.73 Å². The number of fused-ring (bicyclic) bond motifs is 1. The zero-order valence-corrected chi connectivity index (χ0v) is 18.6. The largest absolute Gasteiger partial charge is 0.434 e. The summed E-state index contributed by atoms with van der Waals surface area (Å²) in [6, 6.07) is 5.92. The van der Waals surface area contributed by atoms with Crippen molar-refractivity contribution in [3.05, 3.63) is 88.4 Å². The van der Waals surface area contributed by atoms with Gasteiger partial charge in [0.2, 0.25) is 0 Å². The van der Waals surface area contributed by atoms with E-state index in [0.717, 1.165) is 47.3 Å². The van der Waals surface area contributed by atoms with Crippen LogP contribution in [0.1, 0.15) is 21.6 Å². The standard InChI is InChI=1S/C22H12F6N8O2/c23-21(24,25)12-10-11(3-4-13(12)36-31-7-8-32-36)17-16(19(29)38)18(22(26,27)28)35(33-17)14-2-1-9-34-15(37)5-6-30-20(14)34/h1-10H,(H2,29,38). The molecule has 0 radical (unpaired) electrons. The van der Waals surface area contributed by atoms with Crippen molar-refractivity contribution in [3.8, 4) is 22.6 Å². The Morgan fingerprint density at radius 3 is 2.24 bits per heavy atom. The van der Waals surface area contributed by atoms with Gasteiger partial charge in [-0.25, -0.2) is 9.67 Å². The number of rotatable bonds is 4. The van der Waals surface area contributed by atoms with Crippen molar-refractivity contribution < 1.29 is 31.1 Å². The summed E-state index contributed by atoms with van der Waals surface area (Å²) in [5.41, 5.74) is -1.85. The number of nitrogens with zero attached hydrogens (tertiary/aromatic N) is 7. The number of primary amides is 1. The third-order valence-electron chi connectivity index (χ3n) is 5.44. The molecule has 0 aliphatic rings. The summed E-state index contributed by atoms with van der Waals surface area (Å²) >= 11 is 0. The molecule has 0 spiro atoms. The molecule has 194 valence electrons. The Balaban J connectivity index is 1.85. The fourth-order valence-electron chi connectivity index (χ4n) is 3.93. The Morgan fingerprint density at radius 2 is 1.61 bits per heavy atom. The van der Waals surface area contributed by atoms with Crippen LogP contribution in [-0.2, 0) is 12.4 Å². The maximum absolute atomic E-state index is 14.3. The van der Waals surface area contributed by atoms with Gasteiger partial charge in [-0.2, -0.15) is 46.4 Å². The normalized spacial score (nSPS) is 12.3. The number of alkyl halides is 6. The molecule has 0 atom stereocenters. The maximum Gasteiger partial charge on any atom is 0.434 e. The number of benzene rings is 1. The van der Waals surface area contributed by atoms with Gasteiger partial charge in [0.1, 0.15) is 11.4 Å². The molecule has 16 heteroatoms. The van der Waals surface area contributed by atoms with E-state index in [1.165, 1.54) is 12.3 Å². The molecular formula is C22H12F6N8O2. The van der Waals surface area contributed by atoms with Gasteiger partial charge < -0.3 is 5.73 Å². The van der Waals surface area contributed by atoms with Gasteiger partial charge in [0, 0.05) is 24.0 Å². The van der Waals surface area contributed by atoms with Crippen LogP contribution in [0, 0.1) is 0 Å². The fraction of sp³-hybridized carbons (Fsp3) is 0.0909. The third kappa shape index (κ3) is 4.04. The monoisotopic (exact) mass is 534 g/mol. The molecule has 0 aliphatic carbocycles. The van der Waals surface area contributed by atoms with E-state index in [1.54, 1.807) is 0 Å². The minimum atomic E-state index is -5.25. The molecular weight excluding hydrogens is 522 g/mol. The Hall–Kier alpha value is -5.02. The lowest BCUT2D eigenvalue weighted by Gasteiger charge is -2.13. The summed E-state index contributed by atoms with van der Waals surface area (Å²) in [6.45, 7) is 0. The number of hydrogen-bond acceptors (Lipinski definition) is 6. The first kappa shape index (κ1) is 24.7. The Morgan fingerprint density at radius 1 is 0.895 bits per heavy atom. The molecule has 0 aliphatic heterocycles. The lowest BCUT2D eigenvalue weighted by atomic mass is 10.0. The maximum atomic E-state index is 14.3. The summed E-state index contributed by atoms with van der Waals surface area (Å²) < 4.78 is 86.0. The molecule has 0 unspecified atom stereocenters. The van der Waals surface area contributed by atoms with Gasteiger partial charge in [0.15, 0.2) is 11.3 Å². The molecule has 10 nitrogen and oxygen atoms in total. The molecule has 38 heavy (non-hydrogen) atoms. The molecule has 0 bridgehead atoms. The molecule has 4 heterocycles. The van der Waals surface area contributed by atoms with Crippen molar-refractivity contribution in [1.82, 2.24) is 34.2 Å². The molecule has 0 fully saturated rings. The van der Waals surface area contributed by atoms with E-state index in [-0.39, 0.29) is 16.0 Å². The molecule has 0 saturated carbocycles. The molecule has 2 N–H and O–H groups in total. The lowest BCUT2D eigenvalue weighted by molar-refractivity contribution is -0.143. The molecule has 4 aromatic heterocycles. The average molecular weight is 534 g/mol. The molecule has 1 aromatic carbocycles. The van der Waals surface area contributed by atoms with Crippen LogP contribution in [0.15, 0.2) is 66.0 Å². The van der Waals surface area contributed by atoms with Gasteiger partial charge in [0.25, 0.3) is 11.5 Å². The average Bonchev–Trinajstić information content (AvgIpc) is 3.52. The highest BCUT2D eigenvalue weighted by Gasteiger charge is 2.43. The topological polar surface area (TPSA) is 126 Å². The smallest absolute Gasteiger partial charge is 0.365 e. The van der Waals surface area contributed by atoms with Crippen LogP contribution in [0.5, 0.6) is 0 Å². The summed E-state index contributed by atoms with van der Waals surface area (Å²) in [5.74, 6) is -1.59. The number of carbonyl (C=O) groups is 1. The number of carbonyl (C=O) groups excluding carboxylic acids is 1. The summed E-state index contributed by atoms with van der Waals surface area (Å²) in [7, 11) is 0. The van der Waals surface area contributed by atoms with E-state index in [1.807, 2.05) is 0 Å². The summed E-state index contributed by atoms with van der Waals surface area (Å²) in [4.78, 5) is 29.1. The number of aromatic nitrogens is 7. The van der Waals surface area contributed by atoms with Crippen molar-refractivity contribution in [2.24, 2.45) is 5.73 Å². The Bertz CT molecular complexity index is 1750. The molecule has 5 rings (SSSR count). The van der Waals surface area contributed by atoms with Crippen molar-refractivity contribution in [2.75, 3.05) is 0 Å². The quantitative estimate of drug-likeness (QED) is 0.353. The summed E-state index contributed by atoms with van der Waals surface area (Å²) in [6.07, 6.45) is -5.64. The van der Waals surface area contributed by atoms with Gasteiger partial charge in [0.05, 0.1) is 29.2 Å². The van der Waals surface area contributed by atoms with Crippen LogP contribution in [0.3, 0.4) is 0 Å². The third-order valence-corrected chi connectivity index (χ3v) is 5.44. The Kier molecular flexibility index (Phi) is 5.54. The SMILES string of the molecule is NC(=O)c1c(-c2ccc(-n3nccn3)c(C(F)(F)F)c2)nn(-c2cccn3c(=O)ccnc23)c1C(F)(F)F. The first-order valence-electron chi connectivity index (χ1n) is 10.4. The predicted octanol–water partition coefficient (Wildman–Crippen LogP) is 3.26. The van der Waals surface area contributed by atoms with Gasteiger partial charge in [-0.1, -0.05) is 6.07 Å². The first-order chi connectivity index (χ1) is 17.9. The van der Waals surface area contributed by atoms with E-state index >= 15 is 0 Å². The van der Waals surface area contributed by atoms with Crippen LogP contribution in [0.25, 0.3) is 28.3 Å². The second kappa shape index (κ2) is 8.53. The Labute approximate surface area is 206 Å². The second-order valence-corrected chi connectivity index (χ2v) is 7.76. The van der Waals surface area contributed by atoms with Crippen LogP contribution < -0.4 is 11.3 Å². The minimum Gasteiger partial charge on any atom is -0.365 e. The first-order valence-corrected chi connectivity index (χ1v) is 10.4. The highest BCUT2D eigenvalue weighted by molar-refractivity contribution is 6.00. The van der Waals surface area contributed by atoms with Gasteiger partial charge in [-0.3, -0.25) is 14.0 Å². The lowest BCUT2D eigenvalue weighted by Crippen LogP contribution is -2.22. The van der Waals surface area contributed by atoms with Gasteiger partial charge >= 0.3 is 12.4 Å². The van der Waals surface area contributed by atoms with E-state index in [9.17, 15) is 35.9 Å². The van der Waals surface area contributed by atoms with E-state index in [2.05, 4.69) is 20.3 Å². The zero-order chi connectivity index (χ0) is 27.4. The van der Waals surface area contributed by atoms with Crippen LogP contribution >= 0.6 is 0 Å². The highest BCUT2D eigenvalue weighted by Crippen LogP contribution is 2.41. The van der Waals surface area contributed by atoms with Crippen LogP contribution in [0.2, 0.25) is 0 Å². The van der Waals surface area contributed by atoms with Crippen molar-refractivity contribution in [1.29, 1.82) is 0 Å².